The van der Waals surface area contributed by atoms with Gasteiger partial charge in [0.1, 0.15) is 5.75 Å². The molecule has 3 aliphatic rings. The number of aliphatic hydroxyl groups is 1. The molecule has 0 spiro atoms. The number of anilines is 1. The molecular formula is C23H37N3O2. The molecule has 0 bridgehead atoms. The Labute approximate surface area is 170 Å². The van der Waals surface area contributed by atoms with Crippen LogP contribution in [0, 0.1) is 0 Å². The highest BCUT2D eigenvalue weighted by Crippen LogP contribution is 2.28. The van der Waals surface area contributed by atoms with E-state index in [4.69, 9.17) is 4.74 Å². The summed E-state index contributed by atoms with van der Waals surface area (Å²) in [6.45, 7) is 6.56. The van der Waals surface area contributed by atoms with Gasteiger partial charge in [-0.05, 0) is 69.5 Å². The molecule has 5 nitrogen and oxygen atoms in total. The highest BCUT2D eigenvalue weighted by atomic mass is 16.5. The van der Waals surface area contributed by atoms with Crippen molar-refractivity contribution in [2.45, 2.75) is 63.1 Å². The highest BCUT2D eigenvalue weighted by Gasteiger charge is 2.35. The Balaban J connectivity index is 1.27. The standard InChI is InChI=1S/C23H37N3O2/c1-28-21-8-6-19(7-9-21)24-15-10-20(11-16-24)26-17-12-22(23(27)18-26)25-13-4-2-3-5-14-25/h6-9,20,22-23,27H,2-5,10-18H2,1H3/t22-,23-/m1/s1. The van der Waals surface area contributed by atoms with E-state index in [1.807, 2.05) is 12.1 Å². The van der Waals surface area contributed by atoms with Crippen molar-refractivity contribution in [1.29, 1.82) is 0 Å². The van der Waals surface area contributed by atoms with E-state index in [9.17, 15) is 5.11 Å². The molecular weight excluding hydrogens is 350 g/mol. The van der Waals surface area contributed by atoms with Crippen LogP contribution in [0.15, 0.2) is 24.3 Å². The third-order valence-electron chi connectivity index (χ3n) is 7.11. The molecule has 3 fully saturated rings. The van der Waals surface area contributed by atoms with Crippen LogP contribution in [0.3, 0.4) is 0 Å². The molecule has 1 aromatic carbocycles. The highest BCUT2D eigenvalue weighted by molar-refractivity contribution is 5.49. The normalized spacial score (nSPS) is 28.9. The van der Waals surface area contributed by atoms with E-state index in [0.717, 1.165) is 38.3 Å². The number of rotatable bonds is 4. The molecule has 3 saturated heterocycles. The van der Waals surface area contributed by atoms with Crippen LogP contribution in [0.5, 0.6) is 5.75 Å². The Morgan fingerprint density at radius 2 is 1.50 bits per heavy atom. The first-order valence-corrected chi connectivity index (χ1v) is 11.3. The quantitative estimate of drug-likeness (QED) is 0.860. The van der Waals surface area contributed by atoms with Crippen molar-refractivity contribution in [1.82, 2.24) is 9.80 Å². The predicted molar refractivity (Wildman–Crippen MR) is 114 cm³/mol. The molecule has 1 aromatic rings. The van der Waals surface area contributed by atoms with Gasteiger partial charge in [-0.2, -0.15) is 0 Å². The van der Waals surface area contributed by atoms with Gasteiger partial charge >= 0.3 is 0 Å². The molecule has 3 heterocycles. The fourth-order valence-corrected chi connectivity index (χ4v) is 5.41. The molecule has 4 rings (SSSR count). The first kappa shape index (κ1) is 20.0. The molecule has 2 atom stereocenters. The lowest BCUT2D eigenvalue weighted by molar-refractivity contribution is -0.0279. The SMILES string of the molecule is COc1ccc(N2CCC(N3CC[C@@H](N4CCCCCC4)[C@H](O)C3)CC2)cc1. The second kappa shape index (κ2) is 9.47. The molecule has 5 heteroatoms. The Bertz CT molecular complexity index is 592. The number of β-amino-alcohol motifs (C(OH)–C–C–N with tert-alkyl or cyclic N) is 1. The number of hydrogen-bond acceptors (Lipinski definition) is 5. The van der Waals surface area contributed by atoms with Gasteiger partial charge in [-0.3, -0.25) is 9.80 Å². The van der Waals surface area contributed by atoms with Gasteiger partial charge in [-0.25, -0.2) is 0 Å². The van der Waals surface area contributed by atoms with Crippen molar-refractivity contribution >= 4 is 5.69 Å². The summed E-state index contributed by atoms with van der Waals surface area (Å²) in [6, 6.07) is 9.42. The second-order valence-corrected chi connectivity index (χ2v) is 8.78. The van der Waals surface area contributed by atoms with Gasteiger partial charge in [-0.15, -0.1) is 0 Å². The minimum atomic E-state index is -0.188. The number of methoxy groups -OCH3 is 1. The summed E-state index contributed by atoms with van der Waals surface area (Å²) in [5, 5.41) is 10.9. The lowest BCUT2D eigenvalue weighted by Gasteiger charge is -2.46. The van der Waals surface area contributed by atoms with Crippen molar-refractivity contribution in [3.05, 3.63) is 24.3 Å². The minimum absolute atomic E-state index is 0.188. The number of piperidine rings is 2. The third-order valence-corrected chi connectivity index (χ3v) is 7.11. The molecule has 0 radical (unpaired) electrons. The van der Waals surface area contributed by atoms with Crippen LogP contribution in [0.2, 0.25) is 0 Å². The zero-order chi connectivity index (χ0) is 19.3. The van der Waals surface area contributed by atoms with E-state index >= 15 is 0 Å². The Morgan fingerprint density at radius 1 is 0.821 bits per heavy atom. The van der Waals surface area contributed by atoms with Gasteiger partial charge in [0, 0.05) is 44.0 Å². The molecule has 156 valence electrons. The zero-order valence-electron chi connectivity index (χ0n) is 17.4. The fourth-order valence-electron chi connectivity index (χ4n) is 5.41. The fraction of sp³-hybridized carbons (Fsp3) is 0.739. The van der Waals surface area contributed by atoms with Gasteiger partial charge in [-0.1, -0.05) is 12.8 Å². The molecule has 0 saturated carbocycles. The van der Waals surface area contributed by atoms with Crippen LogP contribution in [-0.2, 0) is 0 Å². The summed E-state index contributed by atoms with van der Waals surface area (Å²) in [5.74, 6) is 0.917. The zero-order valence-corrected chi connectivity index (χ0v) is 17.4. The monoisotopic (exact) mass is 387 g/mol. The van der Waals surface area contributed by atoms with Crippen LogP contribution >= 0.6 is 0 Å². The molecule has 0 unspecified atom stereocenters. The van der Waals surface area contributed by atoms with Gasteiger partial charge in [0.25, 0.3) is 0 Å². The molecule has 0 aliphatic carbocycles. The largest absolute Gasteiger partial charge is 0.497 e. The molecule has 0 aromatic heterocycles. The summed E-state index contributed by atoms with van der Waals surface area (Å²) in [7, 11) is 1.71. The average molecular weight is 388 g/mol. The van der Waals surface area contributed by atoms with E-state index < -0.39 is 0 Å². The van der Waals surface area contributed by atoms with Gasteiger partial charge in [0.2, 0.25) is 0 Å². The van der Waals surface area contributed by atoms with Crippen molar-refractivity contribution in [3.63, 3.8) is 0 Å². The van der Waals surface area contributed by atoms with Crippen LogP contribution in [0.4, 0.5) is 5.69 Å². The third kappa shape index (κ3) is 4.64. The van der Waals surface area contributed by atoms with Crippen LogP contribution in [0.1, 0.15) is 44.9 Å². The van der Waals surface area contributed by atoms with Crippen LogP contribution < -0.4 is 9.64 Å². The molecule has 28 heavy (non-hydrogen) atoms. The van der Waals surface area contributed by atoms with Crippen molar-refractivity contribution in [2.24, 2.45) is 0 Å². The van der Waals surface area contributed by atoms with Crippen molar-refractivity contribution < 1.29 is 9.84 Å². The summed E-state index contributed by atoms with van der Waals surface area (Å²) in [5.41, 5.74) is 1.29. The van der Waals surface area contributed by atoms with Gasteiger partial charge < -0.3 is 14.7 Å². The molecule has 3 aliphatic heterocycles. The number of aliphatic hydroxyl groups excluding tert-OH is 1. The topological polar surface area (TPSA) is 39.2 Å². The van der Waals surface area contributed by atoms with E-state index in [1.165, 1.54) is 57.3 Å². The first-order chi connectivity index (χ1) is 13.7. The number of ether oxygens (including phenoxy) is 1. The first-order valence-electron chi connectivity index (χ1n) is 11.3. The van der Waals surface area contributed by atoms with Gasteiger partial charge in [0.15, 0.2) is 0 Å². The Hall–Kier alpha value is -1.30. The smallest absolute Gasteiger partial charge is 0.119 e. The van der Waals surface area contributed by atoms with Crippen LogP contribution in [0.25, 0.3) is 0 Å². The Kier molecular flexibility index (Phi) is 6.76. The number of benzene rings is 1. The maximum Gasteiger partial charge on any atom is 0.119 e. The van der Waals surface area contributed by atoms with E-state index in [2.05, 4.69) is 26.8 Å². The molecule has 1 N–H and O–H groups in total. The Morgan fingerprint density at radius 3 is 2.11 bits per heavy atom. The van der Waals surface area contributed by atoms with Crippen molar-refractivity contribution in [2.75, 3.05) is 51.3 Å². The lowest BCUT2D eigenvalue weighted by Crippen LogP contribution is -2.57. The summed E-state index contributed by atoms with van der Waals surface area (Å²) in [6.07, 6.45) is 8.64. The summed E-state index contributed by atoms with van der Waals surface area (Å²) < 4.78 is 5.27. The average Bonchev–Trinajstić information content (AvgIpc) is 3.03. The summed E-state index contributed by atoms with van der Waals surface area (Å²) in [4.78, 5) is 7.64. The number of hydrogen-bond donors (Lipinski definition) is 1. The number of likely N-dealkylation sites (tertiary alicyclic amines) is 2. The maximum atomic E-state index is 10.9. The predicted octanol–water partition coefficient (Wildman–Crippen LogP) is 2.98. The van der Waals surface area contributed by atoms with Crippen LogP contribution in [-0.4, -0.2) is 79.5 Å². The van der Waals surface area contributed by atoms with E-state index in [1.54, 1.807) is 7.11 Å². The second-order valence-electron chi connectivity index (χ2n) is 8.78. The molecule has 0 amide bonds. The summed E-state index contributed by atoms with van der Waals surface area (Å²) >= 11 is 0. The van der Waals surface area contributed by atoms with E-state index in [0.29, 0.717) is 12.1 Å². The minimum Gasteiger partial charge on any atom is -0.497 e. The number of nitrogens with zero attached hydrogens (tertiary/aromatic N) is 3. The van der Waals surface area contributed by atoms with Gasteiger partial charge in [0.05, 0.1) is 13.2 Å². The van der Waals surface area contributed by atoms with E-state index in [-0.39, 0.29) is 6.10 Å². The van der Waals surface area contributed by atoms with Crippen molar-refractivity contribution in [3.8, 4) is 5.75 Å². The lowest BCUT2D eigenvalue weighted by atomic mass is 9.95. The maximum absolute atomic E-state index is 10.9.